The van der Waals surface area contributed by atoms with Crippen LogP contribution in [0.2, 0.25) is 0 Å². The molecule has 144 valence electrons. The minimum Gasteiger partial charge on any atom is -0.370 e. The average Bonchev–Trinajstić information content (AvgIpc) is 2.70. The van der Waals surface area contributed by atoms with E-state index in [1.54, 1.807) is 16.7 Å². The lowest BCUT2D eigenvalue weighted by molar-refractivity contribution is -0.921. The predicted molar refractivity (Wildman–Crippen MR) is 111 cm³/mol. The highest BCUT2D eigenvalue weighted by atomic mass is 32.2. The topological polar surface area (TPSA) is 42.8 Å². The van der Waals surface area contributed by atoms with Gasteiger partial charge in [0, 0.05) is 17.9 Å². The molecule has 0 bridgehead atoms. The van der Waals surface area contributed by atoms with Crippen LogP contribution in [0, 0.1) is 6.92 Å². The summed E-state index contributed by atoms with van der Waals surface area (Å²) in [6.07, 6.45) is 0. The second-order valence-corrected chi connectivity index (χ2v) is 8.05. The summed E-state index contributed by atoms with van der Waals surface area (Å²) < 4.78 is 5.44. The van der Waals surface area contributed by atoms with Crippen LogP contribution in [-0.4, -0.2) is 38.0 Å². The number of aryl methyl sites for hydroxylation is 1. The first-order chi connectivity index (χ1) is 13.2. The molecule has 1 fully saturated rings. The molecule has 2 aromatic rings. The van der Waals surface area contributed by atoms with Gasteiger partial charge in [-0.15, -0.1) is 11.8 Å². The van der Waals surface area contributed by atoms with Gasteiger partial charge in [-0.25, -0.2) is 0 Å². The minimum absolute atomic E-state index is 0.0978. The molecule has 1 aliphatic heterocycles. The Balaban J connectivity index is 1.43. The summed E-state index contributed by atoms with van der Waals surface area (Å²) in [6.45, 7) is 7.47. The van der Waals surface area contributed by atoms with Gasteiger partial charge in [-0.2, -0.15) is 0 Å². The van der Waals surface area contributed by atoms with Crippen molar-refractivity contribution in [3.05, 3.63) is 70.8 Å². The highest BCUT2D eigenvalue weighted by molar-refractivity contribution is 7.99. The van der Waals surface area contributed by atoms with Gasteiger partial charge >= 0.3 is 0 Å². The number of amides is 1. The zero-order valence-electron chi connectivity index (χ0n) is 16.0. The maximum Gasteiger partial charge on any atom is 0.230 e. The van der Waals surface area contributed by atoms with E-state index in [0.29, 0.717) is 12.3 Å². The molecule has 1 heterocycles. The molecule has 27 heavy (non-hydrogen) atoms. The van der Waals surface area contributed by atoms with Gasteiger partial charge < -0.3 is 15.0 Å². The fourth-order valence-electron chi connectivity index (χ4n) is 3.20. The van der Waals surface area contributed by atoms with Gasteiger partial charge in [-0.1, -0.05) is 54.1 Å². The number of nitrogens with one attached hydrogen (secondary N) is 2. The fourth-order valence-corrected chi connectivity index (χ4v) is 4.02. The first-order valence-corrected chi connectivity index (χ1v) is 10.7. The third-order valence-corrected chi connectivity index (χ3v) is 5.86. The molecule has 2 aromatic carbocycles. The molecule has 0 spiro atoms. The van der Waals surface area contributed by atoms with Gasteiger partial charge in [0.15, 0.2) is 0 Å². The van der Waals surface area contributed by atoms with Crippen LogP contribution in [0.3, 0.4) is 0 Å². The summed E-state index contributed by atoms with van der Waals surface area (Å²) in [5, 5.41) is 3.08. The van der Waals surface area contributed by atoms with Crippen molar-refractivity contribution in [3.63, 3.8) is 0 Å². The van der Waals surface area contributed by atoms with Gasteiger partial charge in [0.05, 0.1) is 19.0 Å². The second-order valence-electron chi connectivity index (χ2n) is 7.06. The number of ether oxygens (including phenoxy) is 1. The number of hydrogen-bond donors (Lipinski definition) is 2. The highest BCUT2D eigenvalue weighted by Gasteiger charge is 2.16. The quantitative estimate of drug-likeness (QED) is 0.730. The number of quaternary nitrogens is 1. The minimum atomic E-state index is 0.0978. The molecule has 0 atom stereocenters. The number of benzene rings is 2. The molecular weight excluding hydrogens is 356 g/mol. The van der Waals surface area contributed by atoms with E-state index in [-0.39, 0.29) is 5.91 Å². The number of thioether (sulfide) groups is 1. The average molecular weight is 386 g/mol. The Kier molecular flexibility index (Phi) is 7.75. The van der Waals surface area contributed by atoms with E-state index in [1.165, 1.54) is 22.3 Å². The first-order valence-electron chi connectivity index (χ1n) is 9.59. The van der Waals surface area contributed by atoms with E-state index in [4.69, 9.17) is 4.74 Å². The summed E-state index contributed by atoms with van der Waals surface area (Å²) in [7, 11) is 0. The summed E-state index contributed by atoms with van der Waals surface area (Å²) in [5.74, 6) is 1.45. The van der Waals surface area contributed by atoms with Crippen molar-refractivity contribution in [2.45, 2.75) is 25.8 Å². The monoisotopic (exact) mass is 385 g/mol. The third-order valence-electron chi connectivity index (χ3n) is 4.86. The van der Waals surface area contributed by atoms with Crippen LogP contribution >= 0.6 is 11.8 Å². The SMILES string of the molecule is Cc1ccc(CSCC(=O)NCc2ccccc2C[NH+]2CCOCC2)cc1. The summed E-state index contributed by atoms with van der Waals surface area (Å²) in [5.41, 5.74) is 5.06. The maximum absolute atomic E-state index is 12.2. The molecule has 0 aliphatic carbocycles. The van der Waals surface area contributed by atoms with E-state index in [2.05, 4.69) is 54.7 Å². The Morgan fingerprint density at radius 2 is 1.78 bits per heavy atom. The first kappa shape index (κ1) is 19.9. The molecule has 2 N–H and O–H groups in total. The fraction of sp³-hybridized carbons (Fsp3) is 0.409. The summed E-state index contributed by atoms with van der Waals surface area (Å²) >= 11 is 1.66. The van der Waals surface area contributed by atoms with Crippen LogP contribution < -0.4 is 10.2 Å². The maximum atomic E-state index is 12.2. The van der Waals surface area contributed by atoms with Gasteiger partial charge in [0.1, 0.15) is 19.6 Å². The van der Waals surface area contributed by atoms with E-state index >= 15 is 0 Å². The van der Waals surface area contributed by atoms with E-state index in [1.807, 2.05) is 6.07 Å². The molecule has 0 unspecified atom stereocenters. The molecule has 4 nitrogen and oxygen atoms in total. The molecule has 3 rings (SSSR count). The Hall–Kier alpha value is -1.82. The molecule has 1 amide bonds. The van der Waals surface area contributed by atoms with Crippen molar-refractivity contribution in [2.75, 3.05) is 32.1 Å². The van der Waals surface area contributed by atoms with E-state index in [0.717, 1.165) is 38.6 Å². The lowest BCUT2D eigenvalue weighted by Gasteiger charge is -2.24. The second kappa shape index (κ2) is 10.5. The lowest BCUT2D eigenvalue weighted by atomic mass is 10.1. The third kappa shape index (κ3) is 6.69. The largest absolute Gasteiger partial charge is 0.370 e. The van der Waals surface area contributed by atoms with Crippen LogP contribution in [0.4, 0.5) is 0 Å². The Morgan fingerprint density at radius 1 is 1.07 bits per heavy atom. The predicted octanol–water partition coefficient (Wildman–Crippen LogP) is 1.96. The zero-order valence-corrected chi connectivity index (χ0v) is 16.8. The van der Waals surface area contributed by atoms with E-state index in [9.17, 15) is 4.79 Å². The van der Waals surface area contributed by atoms with Gasteiger partial charge in [0.25, 0.3) is 0 Å². The zero-order chi connectivity index (χ0) is 18.9. The number of carbonyl (C=O) groups excluding carboxylic acids is 1. The lowest BCUT2D eigenvalue weighted by Crippen LogP contribution is -3.12. The van der Waals surface area contributed by atoms with Crippen molar-refractivity contribution in [2.24, 2.45) is 0 Å². The highest BCUT2D eigenvalue weighted by Crippen LogP contribution is 2.13. The van der Waals surface area contributed by atoms with Crippen molar-refractivity contribution in [1.29, 1.82) is 0 Å². The summed E-state index contributed by atoms with van der Waals surface area (Å²) in [4.78, 5) is 13.8. The summed E-state index contributed by atoms with van der Waals surface area (Å²) in [6, 6.07) is 16.9. The Labute approximate surface area is 166 Å². The number of carbonyl (C=O) groups is 1. The van der Waals surface area contributed by atoms with Crippen LogP contribution in [-0.2, 0) is 28.4 Å². The Morgan fingerprint density at radius 3 is 2.52 bits per heavy atom. The molecule has 5 heteroatoms. The van der Waals surface area contributed by atoms with Crippen LogP contribution in [0.15, 0.2) is 48.5 Å². The standard InChI is InChI=1S/C22H28N2O2S/c1-18-6-8-19(9-7-18)16-27-17-22(25)23-14-20-4-2-3-5-21(20)15-24-10-12-26-13-11-24/h2-9H,10-17H2,1H3,(H,23,25)/p+1. The smallest absolute Gasteiger partial charge is 0.230 e. The molecular formula is C22H29N2O2S+. The van der Waals surface area contributed by atoms with Crippen molar-refractivity contribution in [1.82, 2.24) is 5.32 Å². The van der Waals surface area contributed by atoms with Crippen molar-refractivity contribution < 1.29 is 14.4 Å². The number of morpholine rings is 1. The van der Waals surface area contributed by atoms with Crippen LogP contribution in [0.25, 0.3) is 0 Å². The molecule has 0 aromatic heterocycles. The molecule has 1 aliphatic rings. The van der Waals surface area contributed by atoms with Gasteiger partial charge in [0.2, 0.25) is 5.91 Å². The van der Waals surface area contributed by atoms with Crippen LogP contribution in [0.1, 0.15) is 22.3 Å². The molecule has 1 saturated heterocycles. The number of rotatable bonds is 8. The number of hydrogen-bond acceptors (Lipinski definition) is 3. The van der Waals surface area contributed by atoms with Gasteiger partial charge in [-0.05, 0) is 18.1 Å². The van der Waals surface area contributed by atoms with Crippen LogP contribution in [0.5, 0.6) is 0 Å². The van der Waals surface area contributed by atoms with Crippen molar-refractivity contribution in [3.8, 4) is 0 Å². The molecule has 0 saturated carbocycles. The Bertz CT molecular complexity index is 727. The van der Waals surface area contributed by atoms with Gasteiger partial charge in [-0.3, -0.25) is 4.79 Å². The van der Waals surface area contributed by atoms with Crippen molar-refractivity contribution >= 4 is 17.7 Å². The molecule has 0 radical (unpaired) electrons. The van der Waals surface area contributed by atoms with E-state index < -0.39 is 0 Å². The normalized spacial score (nSPS) is 14.9.